The second-order valence-electron chi connectivity index (χ2n) is 4.64. The number of nitrogens with two attached hydrogens (primary N) is 1. The predicted molar refractivity (Wildman–Crippen MR) is 79.8 cm³/mol. The molecule has 0 saturated heterocycles. The maximum atomic E-state index is 6.07. The first kappa shape index (κ1) is 12.5. The molecule has 0 unspecified atom stereocenters. The van der Waals surface area contributed by atoms with Crippen LogP contribution in [0, 0.1) is 0 Å². The van der Waals surface area contributed by atoms with Crippen LogP contribution in [-0.4, -0.2) is 9.38 Å². The van der Waals surface area contributed by atoms with E-state index in [0.717, 1.165) is 29.1 Å². The minimum absolute atomic E-state index is 0.523. The number of pyridine rings is 1. The molecule has 4 heteroatoms. The van der Waals surface area contributed by atoms with Crippen molar-refractivity contribution in [1.82, 2.24) is 9.38 Å². The van der Waals surface area contributed by atoms with Crippen LogP contribution in [-0.2, 0) is 13.0 Å². The summed E-state index contributed by atoms with van der Waals surface area (Å²) in [4.78, 5) is 4.56. The number of benzene rings is 1. The number of hydrogen-bond donors (Lipinski definition) is 1. The lowest BCUT2D eigenvalue weighted by Crippen LogP contribution is -1.98. The molecule has 1 aromatic carbocycles. The molecule has 0 spiro atoms. The number of fused-ring (bicyclic) bond motifs is 1. The topological polar surface area (TPSA) is 52.5 Å². The Balaban J connectivity index is 1.92. The highest BCUT2D eigenvalue weighted by molar-refractivity contribution is 5.61. The van der Waals surface area contributed by atoms with Crippen molar-refractivity contribution in [3.05, 3.63) is 59.9 Å². The van der Waals surface area contributed by atoms with Crippen molar-refractivity contribution < 1.29 is 4.74 Å². The number of aryl methyl sites for hydroxylation is 1. The number of anilines is 1. The first-order valence-electron chi connectivity index (χ1n) is 6.71. The van der Waals surface area contributed by atoms with Crippen LogP contribution in [0.3, 0.4) is 0 Å². The van der Waals surface area contributed by atoms with E-state index >= 15 is 0 Å². The minimum Gasteiger partial charge on any atom is -0.485 e. The summed E-state index contributed by atoms with van der Waals surface area (Å²) in [5, 5.41) is 0. The van der Waals surface area contributed by atoms with Gasteiger partial charge in [-0.3, -0.25) is 4.40 Å². The number of nitrogen functional groups attached to an aromatic ring is 1. The largest absolute Gasteiger partial charge is 0.485 e. The molecule has 2 aromatic heterocycles. The standard InChI is InChI=1S/C16H17N3O/c1-2-13-15(17)19-10-6-9-14(16(19)18-13)20-11-12-7-4-3-5-8-12/h3-10H,2,11,17H2,1H3. The van der Waals surface area contributed by atoms with E-state index in [9.17, 15) is 0 Å². The Morgan fingerprint density at radius 2 is 1.95 bits per heavy atom. The lowest BCUT2D eigenvalue weighted by Gasteiger charge is -2.07. The van der Waals surface area contributed by atoms with Crippen molar-refractivity contribution in [3.63, 3.8) is 0 Å². The van der Waals surface area contributed by atoms with Crippen LogP contribution in [0.15, 0.2) is 48.7 Å². The van der Waals surface area contributed by atoms with Crippen molar-refractivity contribution >= 4 is 11.5 Å². The molecule has 0 aliphatic rings. The van der Waals surface area contributed by atoms with Crippen LogP contribution in [0.1, 0.15) is 18.2 Å². The Morgan fingerprint density at radius 3 is 2.70 bits per heavy atom. The molecule has 0 amide bonds. The molecule has 0 atom stereocenters. The zero-order valence-corrected chi connectivity index (χ0v) is 11.4. The zero-order valence-electron chi connectivity index (χ0n) is 11.4. The fourth-order valence-corrected chi connectivity index (χ4v) is 2.22. The van der Waals surface area contributed by atoms with E-state index in [4.69, 9.17) is 10.5 Å². The van der Waals surface area contributed by atoms with Gasteiger partial charge in [0.15, 0.2) is 11.4 Å². The van der Waals surface area contributed by atoms with Crippen molar-refractivity contribution in [2.75, 3.05) is 5.73 Å². The fourth-order valence-electron chi connectivity index (χ4n) is 2.22. The maximum Gasteiger partial charge on any atom is 0.181 e. The average molecular weight is 267 g/mol. The normalized spacial score (nSPS) is 10.8. The van der Waals surface area contributed by atoms with Gasteiger partial charge in [-0.15, -0.1) is 0 Å². The predicted octanol–water partition coefficient (Wildman–Crippen LogP) is 3.06. The van der Waals surface area contributed by atoms with E-state index in [2.05, 4.69) is 4.98 Å². The first-order chi connectivity index (χ1) is 9.79. The molecule has 3 aromatic rings. The Morgan fingerprint density at radius 1 is 1.15 bits per heavy atom. The van der Waals surface area contributed by atoms with Crippen LogP contribution in [0.5, 0.6) is 5.75 Å². The molecular weight excluding hydrogens is 250 g/mol. The molecule has 0 aliphatic heterocycles. The third kappa shape index (κ3) is 2.20. The number of imidazole rings is 1. The van der Waals surface area contributed by atoms with Crippen LogP contribution in [0.2, 0.25) is 0 Å². The molecule has 0 bridgehead atoms. The molecule has 102 valence electrons. The van der Waals surface area contributed by atoms with Crippen molar-refractivity contribution in [1.29, 1.82) is 0 Å². The maximum absolute atomic E-state index is 6.07. The molecular formula is C16H17N3O. The molecule has 2 N–H and O–H groups in total. The molecule has 3 rings (SSSR count). The summed E-state index contributed by atoms with van der Waals surface area (Å²) in [5.41, 5.74) is 8.88. The summed E-state index contributed by atoms with van der Waals surface area (Å²) in [6, 6.07) is 13.9. The molecule has 0 aliphatic carbocycles. The van der Waals surface area contributed by atoms with Crippen LogP contribution in [0.4, 0.5) is 5.82 Å². The summed E-state index contributed by atoms with van der Waals surface area (Å²) in [6.07, 6.45) is 2.72. The van der Waals surface area contributed by atoms with Gasteiger partial charge in [0.05, 0.1) is 5.69 Å². The SMILES string of the molecule is CCc1nc2c(OCc3ccccc3)cccn2c1N. The molecule has 0 fully saturated rings. The second kappa shape index (κ2) is 5.25. The number of rotatable bonds is 4. The van der Waals surface area contributed by atoms with E-state index in [-0.39, 0.29) is 0 Å². The van der Waals surface area contributed by atoms with Gasteiger partial charge in [0.2, 0.25) is 0 Å². The summed E-state index contributed by atoms with van der Waals surface area (Å²) in [6.45, 7) is 2.57. The van der Waals surface area contributed by atoms with Gasteiger partial charge in [-0.05, 0) is 24.1 Å². The minimum atomic E-state index is 0.523. The Hall–Kier alpha value is -2.49. The number of nitrogens with zero attached hydrogens (tertiary/aromatic N) is 2. The van der Waals surface area contributed by atoms with Gasteiger partial charge in [-0.2, -0.15) is 0 Å². The van der Waals surface area contributed by atoms with Gasteiger partial charge < -0.3 is 10.5 Å². The molecule has 0 saturated carbocycles. The van der Waals surface area contributed by atoms with Gasteiger partial charge >= 0.3 is 0 Å². The van der Waals surface area contributed by atoms with Gasteiger partial charge in [-0.1, -0.05) is 37.3 Å². The Labute approximate surface area is 117 Å². The molecule has 20 heavy (non-hydrogen) atoms. The van der Waals surface area contributed by atoms with E-state index in [0.29, 0.717) is 12.4 Å². The highest BCUT2D eigenvalue weighted by atomic mass is 16.5. The van der Waals surface area contributed by atoms with Gasteiger partial charge in [0.1, 0.15) is 12.4 Å². The summed E-state index contributed by atoms with van der Waals surface area (Å²) >= 11 is 0. The first-order valence-corrected chi connectivity index (χ1v) is 6.71. The highest BCUT2D eigenvalue weighted by Crippen LogP contribution is 2.24. The van der Waals surface area contributed by atoms with Crippen LogP contribution >= 0.6 is 0 Å². The third-order valence-corrected chi connectivity index (χ3v) is 3.30. The Kier molecular flexibility index (Phi) is 3.29. The van der Waals surface area contributed by atoms with E-state index in [1.165, 1.54) is 0 Å². The summed E-state index contributed by atoms with van der Waals surface area (Å²) in [5.74, 6) is 1.44. The number of aromatic nitrogens is 2. The second-order valence-corrected chi connectivity index (χ2v) is 4.64. The molecule has 0 radical (unpaired) electrons. The van der Waals surface area contributed by atoms with Crippen molar-refractivity contribution in [3.8, 4) is 5.75 Å². The highest BCUT2D eigenvalue weighted by Gasteiger charge is 2.11. The summed E-state index contributed by atoms with van der Waals surface area (Å²) in [7, 11) is 0. The van der Waals surface area contributed by atoms with E-state index in [1.54, 1.807) is 0 Å². The quantitative estimate of drug-likeness (QED) is 0.790. The summed E-state index contributed by atoms with van der Waals surface area (Å²) < 4.78 is 7.75. The van der Waals surface area contributed by atoms with Crippen molar-refractivity contribution in [2.45, 2.75) is 20.0 Å². The molecule has 4 nitrogen and oxygen atoms in total. The van der Waals surface area contributed by atoms with E-state index < -0.39 is 0 Å². The molecule has 2 heterocycles. The Bertz CT molecular complexity index is 719. The fraction of sp³-hybridized carbons (Fsp3) is 0.188. The smallest absolute Gasteiger partial charge is 0.181 e. The lowest BCUT2D eigenvalue weighted by molar-refractivity contribution is 0.308. The van der Waals surface area contributed by atoms with Gasteiger partial charge in [-0.25, -0.2) is 4.98 Å². The number of ether oxygens (including phenoxy) is 1. The van der Waals surface area contributed by atoms with Crippen LogP contribution in [0.25, 0.3) is 5.65 Å². The van der Waals surface area contributed by atoms with Gasteiger partial charge in [0.25, 0.3) is 0 Å². The average Bonchev–Trinajstić information content (AvgIpc) is 2.83. The zero-order chi connectivity index (χ0) is 13.9. The van der Waals surface area contributed by atoms with Gasteiger partial charge in [0, 0.05) is 6.20 Å². The lowest BCUT2D eigenvalue weighted by atomic mass is 10.2. The van der Waals surface area contributed by atoms with E-state index in [1.807, 2.05) is 60.0 Å². The number of hydrogen-bond acceptors (Lipinski definition) is 3. The van der Waals surface area contributed by atoms with Crippen LogP contribution < -0.4 is 10.5 Å². The third-order valence-electron chi connectivity index (χ3n) is 3.30. The monoisotopic (exact) mass is 267 g/mol. The van der Waals surface area contributed by atoms with Crippen molar-refractivity contribution in [2.24, 2.45) is 0 Å².